The van der Waals surface area contributed by atoms with Gasteiger partial charge in [-0.05, 0) is 28.7 Å². The highest BCUT2D eigenvalue weighted by molar-refractivity contribution is 6.01. The minimum absolute atomic E-state index is 0.0702. The van der Waals surface area contributed by atoms with E-state index in [1.165, 1.54) is 10.9 Å². The average Bonchev–Trinajstić information content (AvgIpc) is 3.37. The molecule has 0 saturated carbocycles. The first-order valence-corrected chi connectivity index (χ1v) is 11.6. The van der Waals surface area contributed by atoms with Crippen molar-refractivity contribution in [1.29, 1.82) is 0 Å². The first kappa shape index (κ1) is 24.0. The van der Waals surface area contributed by atoms with Crippen LogP contribution >= 0.6 is 0 Å². The molecule has 1 aliphatic carbocycles. The van der Waals surface area contributed by atoms with Crippen LogP contribution in [-0.4, -0.2) is 45.5 Å². The van der Waals surface area contributed by atoms with E-state index >= 15 is 0 Å². The lowest BCUT2D eigenvalue weighted by Crippen LogP contribution is -2.44. The monoisotopic (exact) mass is 476 g/mol. The van der Waals surface area contributed by atoms with E-state index in [9.17, 15) is 19.5 Å². The number of aromatic nitrogens is 2. The largest absolute Gasteiger partial charge is 0.476 e. The van der Waals surface area contributed by atoms with Crippen molar-refractivity contribution < 1.29 is 24.2 Å². The molecule has 0 saturated heterocycles. The Hall–Kier alpha value is -4.14. The maximum atomic E-state index is 12.9. The van der Waals surface area contributed by atoms with Gasteiger partial charge in [0.15, 0.2) is 5.69 Å². The fourth-order valence-corrected chi connectivity index (χ4v) is 4.42. The van der Waals surface area contributed by atoms with Crippen molar-refractivity contribution in [3.63, 3.8) is 0 Å². The van der Waals surface area contributed by atoms with Gasteiger partial charge in [-0.3, -0.25) is 9.48 Å². The lowest BCUT2D eigenvalue weighted by Gasteiger charge is -2.19. The Morgan fingerprint density at radius 1 is 1.09 bits per heavy atom. The summed E-state index contributed by atoms with van der Waals surface area (Å²) < 4.78 is 6.88. The number of amides is 2. The number of carbonyl (C=O) groups is 3. The molecule has 1 unspecified atom stereocenters. The number of fused-ring (bicyclic) bond motifs is 3. The quantitative estimate of drug-likeness (QED) is 0.426. The number of ether oxygens (including phenoxy) is 1. The zero-order chi connectivity index (χ0) is 24.9. The number of alkyl carbamates (subject to hydrolysis) is 1. The van der Waals surface area contributed by atoms with Crippen molar-refractivity contribution >= 4 is 23.7 Å². The van der Waals surface area contributed by atoms with Crippen LogP contribution in [0.2, 0.25) is 0 Å². The second-order valence-electron chi connectivity index (χ2n) is 8.52. The van der Waals surface area contributed by atoms with Gasteiger partial charge in [0.25, 0.3) is 0 Å². The molecular formula is C26H28N4O5. The number of hydrogen-bond acceptors (Lipinski definition) is 5. The van der Waals surface area contributed by atoms with E-state index in [1.54, 1.807) is 7.05 Å². The molecule has 2 amide bonds. The van der Waals surface area contributed by atoms with E-state index in [0.29, 0.717) is 12.8 Å². The zero-order valence-electron chi connectivity index (χ0n) is 19.7. The summed E-state index contributed by atoms with van der Waals surface area (Å²) in [6, 6.07) is 15.2. The Labute approximate surface area is 203 Å². The highest BCUT2D eigenvalue weighted by Crippen LogP contribution is 2.44. The second kappa shape index (κ2) is 10.4. The molecule has 182 valence electrons. The zero-order valence-corrected chi connectivity index (χ0v) is 19.7. The van der Waals surface area contributed by atoms with Crippen LogP contribution in [0, 0.1) is 0 Å². The van der Waals surface area contributed by atoms with E-state index in [4.69, 9.17) is 4.74 Å². The van der Waals surface area contributed by atoms with Gasteiger partial charge in [-0.2, -0.15) is 5.10 Å². The van der Waals surface area contributed by atoms with Gasteiger partial charge in [-0.25, -0.2) is 9.59 Å². The van der Waals surface area contributed by atoms with Gasteiger partial charge in [0.2, 0.25) is 5.91 Å². The lowest BCUT2D eigenvalue weighted by atomic mass is 9.98. The van der Waals surface area contributed by atoms with Gasteiger partial charge >= 0.3 is 12.1 Å². The number of benzene rings is 2. The van der Waals surface area contributed by atoms with Crippen molar-refractivity contribution in [2.24, 2.45) is 7.05 Å². The Kier molecular flexibility index (Phi) is 7.14. The SMILES string of the molecule is CCCCC(NC(=O)OCC1c2ccccc2-c2ccccc21)C(=O)Nc1cn(C)nc1C(=O)O. The average molecular weight is 477 g/mol. The molecule has 35 heavy (non-hydrogen) atoms. The molecule has 1 aliphatic rings. The molecule has 9 heteroatoms. The van der Waals surface area contributed by atoms with Crippen LogP contribution in [0.1, 0.15) is 53.7 Å². The summed E-state index contributed by atoms with van der Waals surface area (Å²) in [6.45, 7) is 2.11. The number of unbranched alkanes of at least 4 members (excludes halogenated alkanes) is 1. The van der Waals surface area contributed by atoms with Gasteiger partial charge in [0, 0.05) is 19.2 Å². The minimum atomic E-state index is -1.25. The Morgan fingerprint density at radius 3 is 2.31 bits per heavy atom. The van der Waals surface area contributed by atoms with Crippen molar-refractivity contribution in [3.8, 4) is 11.1 Å². The molecule has 1 atom stereocenters. The van der Waals surface area contributed by atoms with Crippen LogP contribution < -0.4 is 10.6 Å². The van der Waals surface area contributed by atoms with Crippen LogP contribution in [0.25, 0.3) is 11.1 Å². The third-order valence-electron chi connectivity index (χ3n) is 6.09. The second-order valence-corrected chi connectivity index (χ2v) is 8.52. The van der Waals surface area contributed by atoms with E-state index < -0.39 is 24.0 Å². The first-order chi connectivity index (χ1) is 16.9. The van der Waals surface area contributed by atoms with Crippen LogP contribution in [-0.2, 0) is 16.6 Å². The van der Waals surface area contributed by atoms with Gasteiger partial charge < -0.3 is 20.5 Å². The highest BCUT2D eigenvalue weighted by Gasteiger charge is 2.30. The number of nitrogens with one attached hydrogen (secondary N) is 2. The molecule has 1 heterocycles. The van der Waals surface area contributed by atoms with Crippen molar-refractivity contribution in [2.45, 2.75) is 38.1 Å². The summed E-state index contributed by atoms with van der Waals surface area (Å²) in [4.78, 5) is 37.0. The van der Waals surface area contributed by atoms with E-state index in [1.807, 2.05) is 43.3 Å². The topological polar surface area (TPSA) is 123 Å². The summed E-state index contributed by atoms with van der Waals surface area (Å²) in [5, 5.41) is 18.4. The van der Waals surface area contributed by atoms with Gasteiger partial charge in [0.1, 0.15) is 12.6 Å². The Morgan fingerprint density at radius 2 is 1.71 bits per heavy atom. The predicted molar refractivity (Wildman–Crippen MR) is 130 cm³/mol. The van der Waals surface area contributed by atoms with Gasteiger partial charge in [0.05, 0.1) is 5.69 Å². The third kappa shape index (κ3) is 5.18. The molecular weight excluding hydrogens is 448 g/mol. The first-order valence-electron chi connectivity index (χ1n) is 11.6. The molecule has 2 aromatic carbocycles. The molecule has 3 aromatic rings. The van der Waals surface area contributed by atoms with E-state index in [2.05, 4.69) is 27.9 Å². The number of anilines is 1. The van der Waals surface area contributed by atoms with E-state index in [-0.39, 0.29) is 23.9 Å². The lowest BCUT2D eigenvalue weighted by molar-refractivity contribution is -0.118. The number of rotatable bonds is 9. The van der Waals surface area contributed by atoms with Crippen LogP contribution in [0.5, 0.6) is 0 Å². The van der Waals surface area contributed by atoms with Crippen LogP contribution in [0.3, 0.4) is 0 Å². The summed E-state index contributed by atoms with van der Waals surface area (Å²) in [7, 11) is 1.56. The summed E-state index contributed by atoms with van der Waals surface area (Å²) in [6.07, 6.45) is 2.61. The normalized spacial score (nSPS) is 13.0. The molecule has 0 radical (unpaired) electrons. The maximum Gasteiger partial charge on any atom is 0.407 e. The summed E-state index contributed by atoms with van der Waals surface area (Å²) in [5.41, 5.74) is 4.25. The smallest absolute Gasteiger partial charge is 0.407 e. The molecule has 0 bridgehead atoms. The molecule has 9 nitrogen and oxygen atoms in total. The van der Waals surface area contributed by atoms with Crippen LogP contribution in [0.4, 0.5) is 10.5 Å². The Bertz CT molecular complexity index is 1210. The fourth-order valence-electron chi connectivity index (χ4n) is 4.42. The summed E-state index contributed by atoms with van der Waals surface area (Å²) >= 11 is 0. The number of nitrogens with zero attached hydrogens (tertiary/aromatic N) is 2. The number of carboxylic acids is 1. The molecule has 0 spiro atoms. The molecule has 1 aromatic heterocycles. The number of aromatic carboxylic acids is 1. The number of carbonyl (C=O) groups excluding carboxylic acids is 2. The number of aryl methyl sites for hydroxylation is 1. The predicted octanol–water partition coefficient (Wildman–Crippen LogP) is 4.15. The van der Waals surface area contributed by atoms with E-state index in [0.717, 1.165) is 28.7 Å². The fraction of sp³-hybridized carbons (Fsp3) is 0.308. The van der Waals surface area contributed by atoms with Crippen molar-refractivity contribution in [1.82, 2.24) is 15.1 Å². The number of hydrogen-bond donors (Lipinski definition) is 3. The van der Waals surface area contributed by atoms with Gasteiger partial charge in [-0.15, -0.1) is 0 Å². The molecule has 3 N–H and O–H groups in total. The highest BCUT2D eigenvalue weighted by atomic mass is 16.5. The molecule has 4 rings (SSSR count). The van der Waals surface area contributed by atoms with Crippen LogP contribution in [0.15, 0.2) is 54.7 Å². The Balaban J connectivity index is 1.43. The standard InChI is InChI=1S/C26H28N4O5/c1-3-4-13-21(24(31)27-22-14-30(2)29-23(22)25(32)33)28-26(34)35-15-20-18-11-7-5-9-16(18)17-10-6-8-12-19(17)20/h5-12,14,20-21H,3-4,13,15H2,1-2H3,(H,27,31)(H,28,34)(H,32,33). The molecule has 0 fully saturated rings. The third-order valence-corrected chi connectivity index (χ3v) is 6.09. The van der Waals surface area contributed by atoms with Crippen molar-refractivity contribution in [2.75, 3.05) is 11.9 Å². The minimum Gasteiger partial charge on any atom is -0.476 e. The van der Waals surface area contributed by atoms with Gasteiger partial charge in [-0.1, -0.05) is 68.3 Å². The number of carboxylic acid groups (broad SMARTS) is 1. The maximum absolute atomic E-state index is 12.9. The van der Waals surface area contributed by atoms with Crippen molar-refractivity contribution in [3.05, 3.63) is 71.5 Å². The molecule has 0 aliphatic heterocycles. The summed E-state index contributed by atoms with van der Waals surface area (Å²) in [5.74, 6) is -1.87.